The minimum absolute atomic E-state index is 0.216. The van der Waals surface area contributed by atoms with Crippen LogP contribution in [0.2, 0.25) is 0 Å². The zero-order valence-electron chi connectivity index (χ0n) is 19.6. The van der Waals surface area contributed by atoms with Gasteiger partial charge in [0, 0.05) is 51.4 Å². The van der Waals surface area contributed by atoms with Crippen molar-refractivity contribution in [1.82, 2.24) is 15.5 Å². The first-order chi connectivity index (χ1) is 16.2. The fraction of sp³-hybridized carbons (Fsp3) is 0.462. The zero-order valence-corrected chi connectivity index (χ0v) is 19.6. The van der Waals surface area contributed by atoms with E-state index in [1.54, 1.807) is 0 Å². The van der Waals surface area contributed by atoms with Crippen molar-refractivity contribution in [1.29, 1.82) is 0 Å². The number of carbonyl (C=O) groups is 1. The topological polar surface area (TPSA) is 69.2 Å². The highest BCUT2D eigenvalue weighted by Crippen LogP contribution is 2.21. The summed E-state index contributed by atoms with van der Waals surface area (Å²) in [5.41, 5.74) is 4.73. The van der Waals surface area contributed by atoms with E-state index < -0.39 is 0 Å². The molecule has 7 nitrogen and oxygen atoms in total. The molecule has 33 heavy (non-hydrogen) atoms. The molecule has 0 aromatic heterocycles. The highest BCUT2D eigenvalue weighted by molar-refractivity contribution is 5.95. The molecule has 0 saturated carbocycles. The van der Waals surface area contributed by atoms with E-state index in [1.165, 1.54) is 11.1 Å². The van der Waals surface area contributed by atoms with Crippen molar-refractivity contribution in [3.05, 3.63) is 65.2 Å². The third-order valence-corrected chi connectivity index (χ3v) is 6.15. The van der Waals surface area contributed by atoms with Crippen molar-refractivity contribution in [3.63, 3.8) is 0 Å². The van der Waals surface area contributed by atoms with Crippen LogP contribution in [-0.4, -0.2) is 56.2 Å². The van der Waals surface area contributed by atoms with Gasteiger partial charge in [0.25, 0.3) is 0 Å². The van der Waals surface area contributed by atoms with Crippen LogP contribution in [0.3, 0.4) is 0 Å². The molecule has 2 heterocycles. The second-order valence-electron chi connectivity index (χ2n) is 8.52. The number of nitrogens with zero attached hydrogens (tertiary/aromatic N) is 3. The predicted molar refractivity (Wildman–Crippen MR) is 132 cm³/mol. The molecule has 2 N–H and O–H groups in total. The van der Waals surface area contributed by atoms with E-state index in [4.69, 9.17) is 9.73 Å². The molecule has 0 unspecified atom stereocenters. The smallest absolute Gasteiger partial charge is 0.227 e. The van der Waals surface area contributed by atoms with Gasteiger partial charge in [-0.2, -0.15) is 0 Å². The molecule has 2 fully saturated rings. The first kappa shape index (κ1) is 23.3. The van der Waals surface area contributed by atoms with Crippen molar-refractivity contribution in [3.8, 4) is 0 Å². The maximum Gasteiger partial charge on any atom is 0.227 e. The molecule has 2 aromatic rings. The van der Waals surface area contributed by atoms with Crippen LogP contribution in [0.1, 0.15) is 36.5 Å². The van der Waals surface area contributed by atoms with Crippen molar-refractivity contribution in [2.24, 2.45) is 4.99 Å². The summed E-state index contributed by atoms with van der Waals surface area (Å²) in [6.07, 6.45) is 1.59. The van der Waals surface area contributed by atoms with Crippen LogP contribution in [0.25, 0.3) is 0 Å². The Morgan fingerprint density at radius 1 is 1.00 bits per heavy atom. The number of amides is 1. The number of carbonyl (C=O) groups excluding carboxylic acids is 1. The summed E-state index contributed by atoms with van der Waals surface area (Å²) in [5.74, 6) is 1.02. The van der Waals surface area contributed by atoms with E-state index in [2.05, 4.69) is 58.9 Å². The fourth-order valence-electron chi connectivity index (χ4n) is 4.28. The van der Waals surface area contributed by atoms with E-state index >= 15 is 0 Å². The summed E-state index contributed by atoms with van der Waals surface area (Å²) in [5, 5.41) is 6.83. The van der Waals surface area contributed by atoms with Crippen molar-refractivity contribution in [2.45, 2.75) is 39.4 Å². The van der Waals surface area contributed by atoms with Crippen LogP contribution in [0.5, 0.6) is 0 Å². The fourth-order valence-corrected chi connectivity index (χ4v) is 4.28. The number of morpholine rings is 1. The monoisotopic (exact) mass is 449 g/mol. The Hall–Kier alpha value is -2.90. The number of rotatable bonds is 8. The number of aliphatic imine (C=N–C) groups is 1. The Bertz CT molecular complexity index is 938. The quantitative estimate of drug-likeness (QED) is 0.479. The standard InChI is InChI=1S/C26H35N5O2/c1-2-27-26(28-18-21-9-11-24(12-10-21)31-13-5-8-25(31)32)29-19-22-6-3-4-7-23(22)20-30-14-16-33-17-15-30/h3-4,6-7,9-12H,2,5,8,13-20H2,1H3,(H2,27,28,29). The van der Waals surface area contributed by atoms with Crippen molar-refractivity contribution >= 4 is 17.6 Å². The van der Waals surface area contributed by atoms with Gasteiger partial charge in [-0.1, -0.05) is 36.4 Å². The number of nitrogens with one attached hydrogen (secondary N) is 2. The lowest BCUT2D eigenvalue weighted by Crippen LogP contribution is -2.38. The lowest BCUT2D eigenvalue weighted by atomic mass is 10.1. The van der Waals surface area contributed by atoms with Gasteiger partial charge in [-0.15, -0.1) is 0 Å². The van der Waals surface area contributed by atoms with Gasteiger partial charge in [-0.3, -0.25) is 9.69 Å². The molecular weight excluding hydrogens is 414 g/mol. The first-order valence-corrected chi connectivity index (χ1v) is 12.0. The zero-order chi connectivity index (χ0) is 22.9. The predicted octanol–water partition coefficient (Wildman–Crippen LogP) is 2.90. The number of ether oxygens (including phenoxy) is 1. The lowest BCUT2D eigenvalue weighted by Gasteiger charge is -2.27. The molecule has 0 radical (unpaired) electrons. The van der Waals surface area contributed by atoms with E-state index in [0.29, 0.717) is 13.0 Å². The number of benzene rings is 2. The molecule has 0 spiro atoms. The van der Waals surface area contributed by atoms with Crippen molar-refractivity contribution < 1.29 is 9.53 Å². The largest absolute Gasteiger partial charge is 0.379 e. The Morgan fingerprint density at radius 3 is 2.45 bits per heavy atom. The van der Waals surface area contributed by atoms with Crippen LogP contribution >= 0.6 is 0 Å². The Kier molecular flexibility index (Phi) is 8.33. The Balaban J connectivity index is 1.35. The van der Waals surface area contributed by atoms with Gasteiger partial charge in [-0.25, -0.2) is 4.99 Å². The second kappa shape index (κ2) is 11.8. The molecule has 7 heteroatoms. The maximum atomic E-state index is 12.0. The number of guanidine groups is 1. The van der Waals surface area contributed by atoms with Gasteiger partial charge >= 0.3 is 0 Å². The Morgan fingerprint density at radius 2 is 1.76 bits per heavy atom. The SMILES string of the molecule is CCNC(=NCc1ccc(N2CCCC2=O)cc1)NCc1ccccc1CN1CCOCC1. The molecular formula is C26H35N5O2. The summed E-state index contributed by atoms with van der Waals surface area (Å²) >= 11 is 0. The van der Waals surface area contributed by atoms with Gasteiger partial charge < -0.3 is 20.3 Å². The van der Waals surface area contributed by atoms with Crippen LogP contribution in [-0.2, 0) is 29.2 Å². The van der Waals surface area contributed by atoms with Gasteiger partial charge in [0.1, 0.15) is 0 Å². The van der Waals surface area contributed by atoms with Crippen LogP contribution in [0.15, 0.2) is 53.5 Å². The maximum absolute atomic E-state index is 12.0. The molecule has 1 amide bonds. The molecule has 2 aliphatic rings. The van der Waals surface area contributed by atoms with E-state index in [-0.39, 0.29) is 5.91 Å². The van der Waals surface area contributed by atoms with Crippen LogP contribution in [0.4, 0.5) is 5.69 Å². The molecule has 0 aliphatic carbocycles. The lowest BCUT2D eigenvalue weighted by molar-refractivity contribution is -0.117. The van der Waals surface area contributed by atoms with E-state index in [9.17, 15) is 4.79 Å². The third-order valence-electron chi connectivity index (χ3n) is 6.15. The van der Waals surface area contributed by atoms with E-state index in [1.807, 2.05) is 17.0 Å². The van der Waals surface area contributed by atoms with Gasteiger partial charge in [0.15, 0.2) is 5.96 Å². The number of hydrogen-bond donors (Lipinski definition) is 2. The summed E-state index contributed by atoms with van der Waals surface area (Å²) in [7, 11) is 0. The Labute approximate surface area is 196 Å². The van der Waals surface area contributed by atoms with Crippen LogP contribution < -0.4 is 15.5 Å². The van der Waals surface area contributed by atoms with Crippen molar-refractivity contribution in [2.75, 3.05) is 44.3 Å². The molecule has 4 rings (SSSR count). The van der Waals surface area contributed by atoms with E-state index in [0.717, 1.165) is 76.1 Å². The molecule has 2 saturated heterocycles. The number of anilines is 1. The average Bonchev–Trinajstić information content (AvgIpc) is 3.28. The molecule has 0 bridgehead atoms. The third kappa shape index (κ3) is 6.55. The van der Waals surface area contributed by atoms with Gasteiger partial charge in [0.05, 0.1) is 19.8 Å². The summed E-state index contributed by atoms with van der Waals surface area (Å²) in [4.78, 5) is 21.0. The molecule has 2 aromatic carbocycles. The molecule has 0 atom stereocenters. The molecule has 176 valence electrons. The summed E-state index contributed by atoms with van der Waals surface area (Å²) in [6.45, 7) is 9.54. The normalized spacial score (nSPS) is 17.4. The highest BCUT2D eigenvalue weighted by Gasteiger charge is 2.21. The first-order valence-electron chi connectivity index (χ1n) is 12.0. The summed E-state index contributed by atoms with van der Waals surface area (Å²) in [6, 6.07) is 16.8. The number of hydrogen-bond acceptors (Lipinski definition) is 4. The highest BCUT2D eigenvalue weighted by atomic mass is 16.5. The minimum atomic E-state index is 0.216. The second-order valence-corrected chi connectivity index (χ2v) is 8.52. The summed E-state index contributed by atoms with van der Waals surface area (Å²) < 4.78 is 5.48. The molecule has 2 aliphatic heterocycles. The average molecular weight is 450 g/mol. The van der Waals surface area contributed by atoms with Gasteiger partial charge in [0.2, 0.25) is 5.91 Å². The van der Waals surface area contributed by atoms with Gasteiger partial charge in [-0.05, 0) is 42.2 Å². The van der Waals surface area contributed by atoms with Crippen LogP contribution in [0, 0.1) is 0 Å². The minimum Gasteiger partial charge on any atom is -0.379 e.